The van der Waals surface area contributed by atoms with E-state index in [4.69, 9.17) is 0 Å². The van der Waals surface area contributed by atoms with Gasteiger partial charge >= 0.3 is 0 Å². The van der Waals surface area contributed by atoms with Gasteiger partial charge in [0.1, 0.15) is 0 Å². The topological polar surface area (TPSA) is 34.9 Å². The predicted octanol–water partition coefficient (Wildman–Crippen LogP) is 1.25. The number of nitrogens with zero attached hydrogens (tertiary/aromatic N) is 2. The van der Waals surface area contributed by atoms with Crippen LogP contribution in [-0.4, -0.2) is 15.6 Å². The molecule has 0 atom stereocenters. The fourth-order valence-electron chi connectivity index (χ4n) is 0.697. The molecule has 0 spiro atoms. The molecule has 0 aliphatic carbocycles. The molecule has 0 saturated carbocycles. The molecule has 0 aromatic carbocycles. The number of allylic oxidation sites excluding steroid dienone is 1. The van der Waals surface area contributed by atoms with Crippen LogP contribution >= 0.6 is 0 Å². The second kappa shape index (κ2) is 3.14. The minimum absolute atomic E-state index is 0.0261. The third kappa shape index (κ3) is 2.37. The van der Waals surface area contributed by atoms with Crippen molar-refractivity contribution in [2.24, 2.45) is 0 Å². The lowest BCUT2D eigenvalue weighted by atomic mass is 10.4. The van der Waals surface area contributed by atoms with Crippen molar-refractivity contribution in [2.75, 3.05) is 0 Å². The first-order valence-electron chi connectivity index (χ1n) is 3.39. The Bertz CT molecular complexity index is 286. The van der Waals surface area contributed by atoms with Gasteiger partial charge in [0.15, 0.2) is 5.78 Å². The minimum atomic E-state index is 0.0261. The molecule has 0 bridgehead atoms. The predicted molar refractivity (Wildman–Crippen MR) is 43.0 cm³/mol. The van der Waals surface area contributed by atoms with Gasteiger partial charge < -0.3 is 0 Å². The first-order valence-corrected chi connectivity index (χ1v) is 3.39. The minimum Gasteiger partial charge on any atom is -0.295 e. The number of aromatic nitrogens is 2. The van der Waals surface area contributed by atoms with Gasteiger partial charge in [-0.25, -0.2) is 4.68 Å². The Hall–Kier alpha value is -1.38. The molecule has 1 aromatic rings. The average molecular weight is 150 g/mol. The molecule has 0 N–H and O–H groups in total. The summed E-state index contributed by atoms with van der Waals surface area (Å²) < 4.78 is 1.61. The molecule has 1 rings (SSSR count). The first-order chi connectivity index (χ1) is 5.18. The molecule has 0 aliphatic rings. The lowest BCUT2D eigenvalue weighted by Gasteiger charge is -1.86. The van der Waals surface area contributed by atoms with Crippen LogP contribution in [0.2, 0.25) is 0 Å². The molecule has 0 aliphatic heterocycles. The highest BCUT2D eigenvalue weighted by molar-refractivity contribution is 5.89. The van der Waals surface area contributed by atoms with E-state index >= 15 is 0 Å². The maximum Gasteiger partial charge on any atom is 0.154 e. The lowest BCUT2D eigenvalue weighted by Crippen LogP contribution is -1.89. The third-order valence-electron chi connectivity index (χ3n) is 1.20. The SMILES string of the molecule is CC(=O)C=Cn1ccc(C)n1. The van der Waals surface area contributed by atoms with E-state index in [9.17, 15) is 4.79 Å². The Balaban J connectivity index is 2.71. The molecule has 0 radical (unpaired) electrons. The lowest BCUT2D eigenvalue weighted by molar-refractivity contribution is -0.112. The molecule has 3 heteroatoms. The van der Waals surface area contributed by atoms with Crippen LogP contribution in [0, 0.1) is 6.92 Å². The summed E-state index contributed by atoms with van der Waals surface area (Å²) in [4.78, 5) is 10.5. The maximum absolute atomic E-state index is 10.5. The number of hydrogen-bond acceptors (Lipinski definition) is 2. The molecule has 1 aromatic heterocycles. The smallest absolute Gasteiger partial charge is 0.154 e. The van der Waals surface area contributed by atoms with Crippen LogP contribution in [0.15, 0.2) is 18.3 Å². The number of hydrogen-bond donors (Lipinski definition) is 0. The van der Waals surface area contributed by atoms with Crippen molar-refractivity contribution in [3.05, 3.63) is 24.0 Å². The van der Waals surface area contributed by atoms with Gasteiger partial charge in [-0.3, -0.25) is 4.79 Å². The quantitative estimate of drug-likeness (QED) is 0.595. The van der Waals surface area contributed by atoms with Crippen molar-refractivity contribution < 1.29 is 4.79 Å². The van der Waals surface area contributed by atoms with Gasteiger partial charge in [0, 0.05) is 12.4 Å². The highest BCUT2D eigenvalue weighted by Gasteiger charge is 1.88. The maximum atomic E-state index is 10.5. The van der Waals surface area contributed by atoms with Gasteiger partial charge in [-0.15, -0.1) is 0 Å². The van der Waals surface area contributed by atoms with Crippen molar-refractivity contribution in [1.82, 2.24) is 9.78 Å². The first kappa shape index (κ1) is 7.72. The van der Waals surface area contributed by atoms with Crippen LogP contribution in [0.1, 0.15) is 12.6 Å². The van der Waals surface area contributed by atoms with Gasteiger partial charge in [0.05, 0.1) is 5.69 Å². The fraction of sp³-hybridized carbons (Fsp3) is 0.250. The van der Waals surface area contributed by atoms with Crippen molar-refractivity contribution in [1.29, 1.82) is 0 Å². The van der Waals surface area contributed by atoms with Gasteiger partial charge in [0.2, 0.25) is 0 Å². The van der Waals surface area contributed by atoms with Crippen molar-refractivity contribution in [3.8, 4) is 0 Å². The second-order valence-corrected chi connectivity index (χ2v) is 2.36. The van der Waals surface area contributed by atoms with Crippen LogP contribution in [0.4, 0.5) is 0 Å². The Labute approximate surface area is 65.3 Å². The Morgan fingerprint density at radius 2 is 2.45 bits per heavy atom. The van der Waals surface area contributed by atoms with E-state index in [0.29, 0.717) is 0 Å². The largest absolute Gasteiger partial charge is 0.295 e. The highest BCUT2D eigenvalue weighted by Crippen LogP contribution is 1.92. The second-order valence-electron chi connectivity index (χ2n) is 2.36. The highest BCUT2D eigenvalue weighted by atomic mass is 16.1. The van der Waals surface area contributed by atoms with E-state index in [1.54, 1.807) is 17.1 Å². The van der Waals surface area contributed by atoms with E-state index in [1.165, 1.54) is 13.0 Å². The summed E-state index contributed by atoms with van der Waals surface area (Å²) in [6.45, 7) is 3.41. The van der Waals surface area contributed by atoms with Gasteiger partial charge in [-0.2, -0.15) is 5.10 Å². The Morgan fingerprint density at radius 3 is 2.91 bits per heavy atom. The Kier molecular flexibility index (Phi) is 2.21. The van der Waals surface area contributed by atoms with Crippen LogP contribution < -0.4 is 0 Å². The van der Waals surface area contributed by atoms with Crippen LogP contribution in [0.5, 0.6) is 0 Å². The summed E-state index contributed by atoms with van der Waals surface area (Å²) in [7, 11) is 0. The summed E-state index contributed by atoms with van der Waals surface area (Å²) in [6.07, 6.45) is 4.91. The molecule has 1 heterocycles. The number of rotatable bonds is 2. The number of carbonyl (C=O) groups is 1. The molecule has 0 saturated heterocycles. The molecular weight excluding hydrogens is 140 g/mol. The number of carbonyl (C=O) groups excluding carboxylic acids is 1. The van der Waals surface area contributed by atoms with Crippen molar-refractivity contribution in [2.45, 2.75) is 13.8 Å². The Morgan fingerprint density at radius 1 is 1.73 bits per heavy atom. The van der Waals surface area contributed by atoms with E-state index in [2.05, 4.69) is 5.10 Å². The van der Waals surface area contributed by atoms with Crippen molar-refractivity contribution in [3.63, 3.8) is 0 Å². The average Bonchev–Trinajstić information content (AvgIpc) is 2.31. The molecule has 0 unspecified atom stereocenters. The zero-order chi connectivity index (χ0) is 8.27. The van der Waals surface area contributed by atoms with Crippen molar-refractivity contribution >= 4 is 12.0 Å². The summed E-state index contributed by atoms with van der Waals surface area (Å²) >= 11 is 0. The van der Waals surface area contributed by atoms with E-state index in [1.807, 2.05) is 13.0 Å². The van der Waals surface area contributed by atoms with Gasteiger partial charge in [-0.1, -0.05) is 0 Å². The standard InChI is InChI=1S/C8H10N2O/c1-7-3-5-10(9-7)6-4-8(2)11/h3-6H,1-2H3. The normalized spacial score (nSPS) is 10.7. The van der Waals surface area contributed by atoms with Crippen LogP contribution in [0.3, 0.4) is 0 Å². The van der Waals surface area contributed by atoms with E-state index in [0.717, 1.165) is 5.69 Å². The summed E-state index contributed by atoms with van der Waals surface area (Å²) in [5, 5.41) is 4.06. The van der Waals surface area contributed by atoms with E-state index in [-0.39, 0.29) is 5.78 Å². The van der Waals surface area contributed by atoms with Crippen LogP contribution in [0.25, 0.3) is 6.20 Å². The number of aryl methyl sites for hydroxylation is 1. The zero-order valence-corrected chi connectivity index (χ0v) is 6.61. The van der Waals surface area contributed by atoms with Gasteiger partial charge in [-0.05, 0) is 26.0 Å². The molecule has 11 heavy (non-hydrogen) atoms. The monoisotopic (exact) mass is 150 g/mol. The summed E-state index contributed by atoms with van der Waals surface area (Å²) in [5.74, 6) is 0.0261. The molecule has 58 valence electrons. The molecular formula is C8H10N2O. The zero-order valence-electron chi connectivity index (χ0n) is 6.61. The molecule has 0 amide bonds. The molecule has 0 fully saturated rings. The van der Waals surface area contributed by atoms with Crippen LogP contribution in [-0.2, 0) is 4.79 Å². The summed E-state index contributed by atoms with van der Waals surface area (Å²) in [6, 6.07) is 1.88. The van der Waals surface area contributed by atoms with E-state index < -0.39 is 0 Å². The van der Waals surface area contributed by atoms with Gasteiger partial charge in [0.25, 0.3) is 0 Å². The number of ketones is 1. The fourth-order valence-corrected chi connectivity index (χ4v) is 0.697. The third-order valence-corrected chi connectivity index (χ3v) is 1.20. The molecule has 3 nitrogen and oxygen atoms in total. The summed E-state index contributed by atoms with van der Waals surface area (Å²) in [5.41, 5.74) is 0.943.